The van der Waals surface area contributed by atoms with Crippen LogP contribution in [0.15, 0.2) is 49.6 Å². The van der Waals surface area contributed by atoms with Crippen molar-refractivity contribution in [3.63, 3.8) is 0 Å². The number of amides is 2. The van der Waals surface area contributed by atoms with E-state index < -0.39 is 33.3 Å². The van der Waals surface area contributed by atoms with E-state index in [1.807, 2.05) is 6.92 Å². The standard InChI is InChI=1S/C26H32N2O6S/c1-5-13-27(17-7-9-18(33-4)10-8-17)23(31)21-26-12-11-25(3,35-26)20(24(32)34-16-6-2)19(26)22(30)28(21)14-15-29/h5-10,19-21,29H,1-2,11-16H2,3-4H3/t19-,20+,21?,25-,26?/m0/s1. The molecule has 0 aromatic heterocycles. The van der Waals surface area contributed by atoms with Crippen molar-refractivity contribution in [1.29, 1.82) is 0 Å². The Labute approximate surface area is 209 Å². The quantitative estimate of drug-likeness (QED) is 0.389. The Morgan fingerprint density at radius 2 is 1.97 bits per heavy atom. The summed E-state index contributed by atoms with van der Waals surface area (Å²) in [5.41, 5.74) is 0.651. The maximum Gasteiger partial charge on any atom is 0.311 e. The number of methoxy groups -OCH3 is 1. The molecule has 1 aromatic rings. The van der Waals surface area contributed by atoms with Gasteiger partial charge in [0.2, 0.25) is 5.91 Å². The van der Waals surface area contributed by atoms with Gasteiger partial charge in [-0.3, -0.25) is 14.4 Å². The lowest BCUT2D eigenvalue weighted by Crippen LogP contribution is -2.55. The van der Waals surface area contributed by atoms with Gasteiger partial charge in [0.05, 0.1) is 30.3 Å². The smallest absolute Gasteiger partial charge is 0.311 e. The molecule has 1 aromatic carbocycles. The first-order chi connectivity index (χ1) is 16.8. The van der Waals surface area contributed by atoms with Crippen molar-refractivity contribution in [2.45, 2.75) is 35.3 Å². The van der Waals surface area contributed by atoms with Gasteiger partial charge in [0, 0.05) is 23.5 Å². The lowest BCUT2D eigenvalue weighted by atomic mass is 9.66. The molecule has 35 heavy (non-hydrogen) atoms. The van der Waals surface area contributed by atoms with Gasteiger partial charge in [-0.2, -0.15) is 0 Å². The molecule has 1 N–H and O–H groups in total. The number of carbonyl (C=O) groups excluding carboxylic acids is 3. The van der Waals surface area contributed by atoms with E-state index in [2.05, 4.69) is 13.2 Å². The van der Waals surface area contributed by atoms with E-state index in [1.54, 1.807) is 54.1 Å². The first-order valence-corrected chi connectivity index (χ1v) is 12.5. The highest BCUT2D eigenvalue weighted by Gasteiger charge is 2.77. The van der Waals surface area contributed by atoms with Crippen molar-refractivity contribution < 1.29 is 29.0 Å². The molecule has 4 rings (SSSR count). The number of hydrogen-bond acceptors (Lipinski definition) is 7. The summed E-state index contributed by atoms with van der Waals surface area (Å²) in [7, 11) is 1.57. The summed E-state index contributed by atoms with van der Waals surface area (Å²) in [6.07, 6.45) is 4.45. The normalized spacial score (nSPS) is 30.7. The summed E-state index contributed by atoms with van der Waals surface area (Å²) in [5, 5.41) is 9.77. The number of aliphatic hydroxyl groups is 1. The van der Waals surface area contributed by atoms with Crippen molar-refractivity contribution in [3.8, 4) is 5.75 Å². The third-order valence-electron chi connectivity index (χ3n) is 7.41. The van der Waals surface area contributed by atoms with Crippen LogP contribution in [0, 0.1) is 11.8 Å². The van der Waals surface area contributed by atoms with E-state index in [0.29, 0.717) is 24.3 Å². The number of aliphatic hydroxyl groups excluding tert-OH is 1. The Morgan fingerprint density at radius 1 is 1.26 bits per heavy atom. The van der Waals surface area contributed by atoms with Crippen LogP contribution in [0.2, 0.25) is 0 Å². The number of β-amino-alcohol motifs (C(OH)–C–C–N with tert-alkyl or cyclic N) is 1. The molecule has 0 radical (unpaired) electrons. The van der Waals surface area contributed by atoms with E-state index in [0.717, 1.165) is 0 Å². The van der Waals surface area contributed by atoms with Crippen LogP contribution in [0.4, 0.5) is 5.69 Å². The van der Waals surface area contributed by atoms with Crippen molar-refractivity contribution >= 4 is 35.2 Å². The predicted octanol–water partition coefficient (Wildman–Crippen LogP) is 2.42. The predicted molar refractivity (Wildman–Crippen MR) is 134 cm³/mol. The Morgan fingerprint density at radius 3 is 2.57 bits per heavy atom. The fourth-order valence-electron chi connectivity index (χ4n) is 6.00. The Balaban J connectivity index is 1.76. The summed E-state index contributed by atoms with van der Waals surface area (Å²) < 4.78 is 9.36. The van der Waals surface area contributed by atoms with Crippen LogP contribution in [0.5, 0.6) is 5.75 Å². The van der Waals surface area contributed by atoms with Gasteiger partial charge in [0.25, 0.3) is 5.91 Å². The number of anilines is 1. The van der Waals surface area contributed by atoms with Gasteiger partial charge in [-0.15, -0.1) is 18.3 Å². The van der Waals surface area contributed by atoms with Crippen LogP contribution in [0.25, 0.3) is 0 Å². The molecule has 2 unspecified atom stereocenters. The largest absolute Gasteiger partial charge is 0.497 e. The average molecular weight is 501 g/mol. The minimum absolute atomic E-state index is 0.0176. The number of carbonyl (C=O) groups is 3. The molecule has 0 aliphatic carbocycles. The van der Waals surface area contributed by atoms with Gasteiger partial charge in [0.15, 0.2) is 0 Å². The van der Waals surface area contributed by atoms with Gasteiger partial charge in [-0.25, -0.2) is 0 Å². The van der Waals surface area contributed by atoms with Gasteiger partial charge < -0.3 is 24.4 Å². The molecule has 2 bridgehead atoms. The van der Waals surface area contributed by atoms with Crippen molar-refractivity contribution in [3.05, 3.63) is 49.6 Å². The highest BCUT2D eigenvalue weighted by Crippen LogP contribution is 2.71. The van der Waals surface area contributed by atoms with Crippen LogP contribution in [0.1, 0.15) is 19.8 Å². The zero-order valence-electron chi connectivity index (χ0n) is 20.1. The third kappa shape index (κ3) is 3.94. The fraction of sp³-hybridized carbons (Fsp3) is 0.500. The van der Waals surface area contributed by atoms with Crippen molar-refractivity contribution in [1.82, 2.24) is 4.90 Å². The molecule has 5 atom stereocenters. The number of thioether (sulfide) groups is 1. The molecule has 9 heteroatoms. The molecular weight excluding hydrogens is 468 g/mol. The zero-order chi connectivity index (χ0) is 25.4. The molecule has 1 spiro atoms. The van der Waals surface area contributed by atoms with E-state index in [4.69, 9.17) is 9.47 Å². The first kappa shape index (κ1) is 25.3. The van der Waals surface area contributed by atoms with Gasteiger partial charge >= 0.3 is 5.97 Å². The van der Waals surface area contributed by atoms with E-state index in [9.17, 15) is 19.5 Å². The van der Waals surface area contributed by atoms with Crippen molar-refractivity contribution in [2.24, 2.45) is 11.8 Å². The molecule has 8 nitrogen and oxygen atoms in total. The fourth-order valence-corrected chi connectivity index (χ4v) is 8.34. The summed E-state index contributed by atoms with van der Waals surface area (Å²) in [6, 6.07) is 6.30. The Hall–Kier alpha value is -2.78. The average Bonchev–Trinajstić information content (AvgIpc) is 3.42. The summed E-state index contributed by atoms with van der Waals surface area (Å²) in [4.78, 5) is 44.2. The molecule has 3 heterocycles. The first-order valence-electron chi connectivity index (χ1n) is 11.7. The minimum atomic E-state index is -0.821. The number of nitrogens with zero attached hydrogens (tertiary/aromatic N) is 2. The summed E-state index contributed by atoms with van der Waals surface area (Å²) in [5.74, 6) is -1.66. The molecule has 188 valence electrons. The summed E-state index contributed by atoms with van der Waals surface area (Å²) in [6.45, 7) is 9.45. The van der Waals surface area contributed by atoms with E-state index >= 15 is 0 Å². The molecular formula is C26H32N2O6S. The third-order valence-corrected chi connectivity index (χ3v) is 9.40. The Kier molecular flexibility index (Phi) is 7.02. The van der Waals surface area contributed by atoms with E-state index in [1.165, 1.54) is 11.0 Å². The van der Waals surface area contributed by atoms with E-state index in [-0.39, 0.29) is 38.1 Å². The number of ether oxygens (including phenoxy) is 2. The maximum absolute atomic E-state index is 14.2. The highest BCUT2D eigenvalue weighted by atomic mass is 32.2. The second kappa shape index (κ2) is 9.70. The second-order valence-electron chi connectivity index (χ2n) is 9.34. The number of fused-ring (bicyclic) bond motifs is 1. The molecule has 2 amide bonds. The molecule has 3 fully saturated rings. The van der Waals surface area contributed by atoms with Gasteiger partial charge in [-0.1, -0.05) is 18.7 Å². The molecule has 3 saturated heterocycles. The van der Waals surface area contributed by atoms with Crippen LogP contribution in [-0.2, 0) is 19.1 Å². The van der Waals surface area contributed by atoms with Crippen molar-refractivity contribution in [2.75, 3.05) is 38.3 Å². The van der Waals surface area contributed by atoms with Crippen LogP contribution in [-0.4, -0.2) is 76.7 Å². The zero-order valence-corrected chi connectivity index (χ0v) is 21.0. The number of rotatable bonds is 10. The highest BCUT2D eigenvalue weighted by molar-refractivity contribution is 8.02. The number of hydrogen-bond donors (Lipinski definition) is 1. The topological polar surface area (TPSA) is 96.4 Å². The van der Waals surface area contributed by atoms with Crippen LogP contribution >= 0.6 is 11.8 Å². The second-order valence-corrected chi connectivity index (χ2v) is 11.2. The van der Waals surface area contributed by atoms with Gasteiger partial charge in [0.1, 0.15) is 18.4 Å². The summed E-state index contributed by atoms with van der Waals surface area (Å²) >= 11 is 1.56. The van der Waals surface area contributed by atoms with Crippen LogP contribution < -0.4 is 9.64 Å². The monoisotopic (exact) mass is 500 g/mol. The Bertz CT molecular complexity index is 1030. The number of benzene rings is 1. The molecule has 0 saturated carbocycles. The lowest BCUT2D eigenvalue weighted by Gasteiger charge is -2.37. The minimum Gasteiger partial charge on any atom is -0.497 e. The molecule has 3 aliphatic heterocycles. The maximum atomic E-state index is 14.2. The molecule has 3 aliphatic rings. The lowest BCUT2D eigenvalue weighted by molar-refractivity contribution is -0.154. The van der Waals surface area contributed by atoms with Gasteiger partial charge in [-0.05, 0) is 44.0 Å². The number of likely N-dealkylation sites (tertiary alicyclic amines) is 1. The van der Waals surface area contributed by atoms with Crippen LogP contribution in [0.3, 0.4) is 0 Å². The SMILES string of the molecule is C=CCOC(=O)[C@H]1[C@H]2C(=O)N(CCO)C(C(=O)N(CC=C)c3ccc(OC)cc3)C23CC[C@]1(C)S3. The number of esters is 1.